The summed E-state index contributed by atoms with van der Waals surface area (Å²) in [4.78, 5) is 16.3. The lowest BCUT2D eigenvalue weighted by Gasteiger charge is -2.34. The van der Waals surface area contributed by atoms with Crippen LogP contribution in [0.2, 0.25) is 0 Å². The number of rotatable bonds is 4. The average molecular weight is 335 g/mol. The van der Waals surface area contributed by atoms with Gasteiger partial charge in [0.05, 0.1) is 17.2 Å². The number of nitrogens with one attached hydrogen (secondary N) is 1. The highest BCUT2D eigenvalue weighted by Gasteiger charge is 2.38. The topological polar surface area (TPSA) is 75.0 Å². The molecule has 0 spiro atoms. The molecule has 25 heavy (non-hydrogen) atoms. The third kappa shape index (κ3) is 4.16. The van der Waals surface area contributed by atoms with Gasteiger partial charge in [0, 0.05) is 12.2 Å². The molecule has 5 heteroatoms. The van der Waals surface area contributed by atoms with Crippen LogP contribution in [-0.2, 0) is 16.8 Å². The first-order valence-corrected chi connectivity index (χ1v) is 8.52. The fourth-order valence-corrected chi connectivity index (χ4v) is 3.26. The Labute approximate surface area is 147 Å². The second-order valence-electron chi connectivity index (χ2n) is 6.39. The van der Waals surface area contributed by atoms with E-state index in [1.165, 1.54) is 0 Å². The van der Waals surface area contributed by atoms with Crippen molar-refractivity contribution >= 4 is 6.09 Å². The Morgan fingerprint density at radius 2 is 1.92 bits per heavy atom. The summed E-state index contributed by atoms with van der Waals surface area (Å²) in [6.45, 7) is 0.259. The molecule has 1 aromatic heterocycles. The van der Waals surface area contributed by atoms with Gasteiger partial charge in [-0.2, -0.15) is 5.26 Å². The highest BCUT2D eigenvalue weighted by atomic mass is 16.5. The maximum atomic E-state index is 12.0. The number of aromatic nitrogens is 1. The number of benzene rings is 1. The van der Waals surface area contributed by atoms with Crippen molar-refractivity contribution in [1.82, 2.24) is 10.3 Å². The molecule has 0 bridgehead atoms. The molecule has 1 aliphatic carbocycles. The Morgan fingerprint density at radius 1 is 1.20 bits per heavy atom. The number of carbonyl (C=O) groups is 1. The lowest BCUT2D eigenvalue weighted by molar-refractivity contribution is 0.131. The number of nitriles is 1. The molecule has 1 aliphatic rings. The Balaban J connectivity index is 1.50. The van der Waals surface area contributed by atoms with Gasteiger partial charge in [0.2, 0.25) is 0 Å². The van der Waals surface area contributed by atoms with E-state index in [9.17, 15) is 10.1 Å². The molecule has 1 saturated carbocycles. The zero-order chi connectivity index (χ0) is 17.5. The van der Waals surface area contributed by atoms with Crippen LogP contribution >= 0.6 is 0 Å². The molecule has 1 amide bonds. The van der Waals surface area contributed by atoms with Crippen LogP contribution in [0.15, 0.2) is 54.7 Å². The summed E-state index contributed by atoms with van der Waals surface area (Å²) in [5, 5.41) is 12.6. The number of nitrogens with zero attached hydrogens (tertiary/aromatic N) is 2. The molecular weight excluding hydrogens is 314 g/mol. The van der Waals surface area contributed by atoms with Gasteiger partial charge in [-0.15, -0.1) is 0 Å². The Hall–Kier alpha value is -2.87. The predicted molar refractivity (Wildman–Crippen MR) is 93.5 cm³/mol. The first-order valence-electron chi connectivity index (χ1n) is 8.52. The molecule has 2 aromatic rings. The van der Waals surface area contributed by atoms with Gasteiger partial charge in [-0.25, -0.2) is 4.79 Å². The van der Waals surface area contributed by atoms with Crippen LogP contribution in [0.1, 0.15) is 36.9 Å². The highest BCUT2D eigenvalue weighted by molar-refractivity contribution is 5.67. The zero-order valence-electron chi connectivity index (χ0n) is 14.0. The molecule has 0 unspecified atom stereocenters. The van der Waals surface area contributed by atoms with E-state index in [4.69, 9.17) is 4.74 Å². The maximum absolute atomic E-state index is 12.0. The fourth-order valence-electron chi connectivity index (χ4n) is 3.26. The Morgan fingerprint density at radius 3 is 2.56 bits per heavy atom. The molecule has 0 atom stereocenters. The molecule has 1 fully saturated rings. The Kier molecular flexibility index (Phi) is 5.30. The monoisotopic (exact) mass is 335 g/mol. The lowest BCUT2D eigenvalue weighted by Crippen LogP contribution is -2.42. The molecule has 0 aliphatic heterocycles. The van der Waals surface area contributed by atoms with Crippen molar-refractivity contribution in [3.05, 3.63) is 66.0 Å². The molecular formula is C20H21N3O2. The average Bonchev–Trinajstić information content (AvgIpc) is 2.69. The van der Waals surface area contributed by atoms with Crippen molar-refractivity contribution in [2.24, 2.45) is 0 Å². The number of hydrogen-bond donors (Lipinski definition) is 1. The van der Waals surface area contributed by atoms with Crippen LogP contribution in [0.25, 0.3) is 0 Å². The smallest absolute Gasteiger partial charge is 0.407 e. The van der Waals surface area contributed by atoms with Gasteiger partial charge in [0.25, 0.3) is 0 Å². The number of amides is 1. The Bertz CT molecular complexity index is 733. The lowest BCUT2D eigenvalue weighted by atomic mass is 9.71. The van der Waals surface area contributed by atoms with Crippen LogP contribution in [-0.4, -0.2) is 17.1 Å². The third-order valence-corrected chi connectivity index (χ3v) is 4.74. The summed E-state index contributed by atoms with van der Waals surface area (Å²) in [5.41, 5.74) is 1.23. The fraction of sp³-hybridized carbons (Fsp3) is 0.350. The van der Waals surface area contributed by atoms with Crippen LogP contribution in [0.3, 0.4) is 0 Å². The zero-order valence-corrected chi connectivity index (χ0v) is 14.0. The summed E-state index contributed by atoms with van der Waals surface area (Å²) in [6.07, 6.45) is 4.17. The van der Waals surface area contributed by atoms with Gasteiger partial charge >= 0.3 is 6.09 Å². The minimum atomic E-state index is -0.548. The molecule has 128 valence electrons. The van der Waals surface area contributed by atoms with Crippen molar-refractivity contribution in [3.8, 4) is 6.07 Å². The molecule has 1 heterocycles. The van der Waals surface area contributed by atoms with E-state index >= 15 is 0 Å². The standard InChI is InChI=1S/C20H21N3O2/c21-15-20(18-8-4-5-13-22-18)11-9-17(10-12-20)23-19(24)25-14-16-6-2-1-3-7-16/h1-8,13,17H,9-12,14H2,(H,23,24). The summed E-state index contributed by atoms with van der Waals surface area (Å²) in [5.74, 6) is 0. The van der Waals surface area contributed by atoms with Crippen LogP contribution in [0.5, 0.6) is 0 Å². The number of hydrogen-bond acceptors (Lipinski definition) is 4. The SMILES string of the molecule is N#CC1(c2ccccn2)CCC(NC(=O)OCc2ccccc2)CC1. The largest absolute Gasteiger partial charge is 0.445 e. The van der Waals surface area contributed by atoms with Crippen LogP contribution < -0.4 is 5.32 Å². The maximum Gasteiger partial charge on any atom is 0.407 e. The van der Waals surface area contributed by atoms with Gasteiger partial charge in [0.1, 0.15) is 6.61 Å². The van der Waals surface area contributed by atoms with Crippen LogP contribution in [0, 0.1) is 11.3 Å². The number of pyridine rings is 1. The minimum Gasteiger partial charge on any atom is -0.445 e. The molecule has 1 N–H and O–H groups in total. The molecule has 5 nitrogen and oxygen atoms in total. The van der Waals surface area contributed by atoms with Gasteiger partial charge in [-0.1, -0.05) is 36.4 Å². The summed E-state index contributed by atoms with van der Waals surface area (Å²) in [6, 6.07) is 17.7. The summed E-state index contributed by atoms with van der Waals surface area (Å²) in [7, 11) is 0. The molecule has 3 rings (SSSR count). The van der Waals surface area contributed by atoms with E-state index in [1.807, 2.05) is 48.5 Å². The van der Waals surface area contributed by atoms with Crippen molar-refractivity contribution < 1.29 is 9.53 Å². The molecule has 1 aromatic carbocycles. The van der Waals surface area contributed by atoms with Crippen molar-refractivity contribution in [1.29, 1.82) is 5.26 Å². The quantitative estimate of drug-likeness (QED) is 0.924. The van der Waals surface area contributed by atoms with Gasteiger partial charge < -0.3 is 10.1 Å². The number of alkyl carbamates (subject to hydrolysis) is 1. The summed E-state index contributed by atoms with van der Waals surface area (Å²) >= 11 is 0. The highest BCUT2D eigenvalue weighted by Crippen LogP contribution is 2.37. The van der Waals surface area contributed by atoms with Gasteiger partial charge in [-0.3, -0.25) is 4.98 Å². The first kappa shape index (κ1) is 17.0. The second kappa shape index (κ2) is 7.80. The number of ether oxygens (including phenoxy) is 1. The molecule has 0 radical (unpaired) electrons. The summed E-state index contributed by atoms with van der Waals surface area (Å²) < 4.78 is 5.27. The van der Waals surface area contributed by atoms with Crippen molar-refractivity contribution in [2.75, 3.05) is 0 Å². The van der Waals surface area contributed by atoms with E-state index < -0.39 is 11.5 Å². The van der Waals surface area contributed by atoms with Crippen molar-refractivity contribution in [2.45, 2.75) is 43.7 Å². The van der Waals surface area contributed by atoms with E-state index in [-0.39, 0.29) is 12.6 Å². The first-order chi connectivity index (χ1) is 12.2. The van der Waals surface area contributed by atoms with E-state index in [2.05, 4.69) is 16.4 Å². The van der Waals surface area contributed by atoms with Crippen molar-refractivity contribution in [3.63, 3.8) is 0 Å². The number of carbonyl (C=O) groups excluding carboxylic acids is 1. The normalized spacial score (nSPS) is 22.6. The minimum absolute atomic E-state index is 0.0356. The predicted octanol–water partition coefficient (Wildman–Crippen LogP) is 3.71. The van der Waals surface area contributed by atoms with E-state index in [0.717, 1.165) is 24.1 Å². The van der Waals surface area contributed by atoms with Crippen LogP contribution in [0.4, 0.5) is 4.79 Å². The third-order valence-electron chi connectivity index (χ3n) is 4.74. The second-order valence-corrected chi connectivity index (χ2v) is 6.39. The van der Waals surface area contributed by atoms with E-state index in [1.54, 1.807) is 6.20 Å². The van der Waals surface area contributed by atoms with E-state index in [0.29, 0.717) is 12.8 Å². The van der Waals surface area contributed by atoms with Gasteiger partial charge in [0.15, 0.2) is 0 Å². The molecule has 0 saturated heterocycles. The van der Waals surface area contributed by atoms with Gasteiger partial charge in [-0.05, 0) is 43.4 Å².